The molecule has 0 unspecified atom stereocenters. The van der Waals surface area contributed by atoms with E-state index in [-0.39, 0.29) is 82.5 Å². The molecule has 0 aliphatic heterocycles. The predicted molar refractivity (Wildman–Crippen MR) is 15.7 cm³/mol. The first-order valence-corrected chi connectivity index (χ1v) is 2.75. The van der Waals surface area contributed by atoms with E-state index in [1.54, 1.807) is 0 Å². The molecule has 0 atom stereocenters. The van der Waals surface area contributed by atoms with Crippen molar-refractivity contribution in [2.45, 2.75) is 0 Å². The molecule has 0 N–H and O–H groups in total. The van der Waals surface area contributed by atoms with E-state index in [2.05, 4.69) is 0 Å². The van der Waals surface area contributed by atoms with Crippen molar-refractivity contribution in [1.82, 2.24) is 0 Å². The summed E-state index contributed by atoms with van der Waals surface area (Å²) >= 11 is -5.75. The summed E-state index contributed by atoms with van der Waals surface area (Å²) in [6, 6.07) is 0. The SMILES string of the molecule is [Ag+].[Ag+].[LiH].[LiH].[O]=[Cr](=[O])([O-])[O-]. The molecule has 0 aromatic heterocycles. The molecule has 0 aromatic carbocycles. The fourth-order valence-corrected chi connectivity index (χ4v) is 0. The molecule has 0 fully saturated rings. The van der Waals surface area contributed by atoms with Crippen molar-refractivity contribution in [2.24, 2.45) is 0 Å². The van der Waals surface area contributed by atoms with Crippen molar-refractivity contribution >= 4 is 37.7 Å². The summed E-state index contributed by atoms with van der Waals surface area (Å²) in [6.45, 7) is 0. The zero-order valence-electron chi connectivity index (χ0n) is 2.64. The molecule has 0 bridgehead atoms. The molecule has 0 saturated carbocycles. The molecule has 9 heavy (non-hydrogen) atoms. The van der Waals surface area contributed by atoms with Crippen LogP contribution in [0.1, 0.15) is 0 Å². The minimum absolute atomic E-state index is 0. The minimum atomic E-state index is -5.75. The summed E-state index contributed by atoms with van der Waals surface area (Å²) in [5.41, 5.74) is 0. The molecule has 4 nitrogen and oxygen atoms in total. The van der Waals surface area contributed by atoms with Gasteiger partial charge in [-0.3, -0.25) is 0 Å². The van der Waals surface area contributed by atoms with E-state index in [0.29, 0.717) is 0 Å². The summed E-state index contributed by atoms with van der Waals surface area (Å²) < 4.78 is 34.4. The fraction of sp³-hybridized carbons (Fsp3) is 0. The summed E-state index contributed by atoms with van der Waals surface area (Å²) in [4.78, 5) is 0. The summed E-state index contributed by atoms with van der Waals surface area (Å²) in [5, 5.41) is 0. The van der Waals surface area contributed by atoms with Crippen LogP contribution in [0.5, 0.6) is 0 Å². The molecule has 0 amide bonds. The van der Waals surface area contributed by atoms with Crippen LogP contribution in [0.3, 0.4) is 0 Å². The van der Waals surface area contributed by atoms with Crippen LogP contribution in [0.4, 0.5) is 0 Å². The van der Waals surface area contributed by atoms with Gasteiger partial charge < -0.3 is 0 Å². The van der Waals surface area contributed by atoms with Gasteiger partial charge in [-0.1, -0.05) is 0 Å². The van der Waals surface area contributed by atoms with E-state index in [1.165, 1.54) is 0 Å². The van der Waals surface area contributed by atoms with Gasteiger partial charge >= 0.3 is 112 Å². The van der Waals surface area contributed by atoms with Gasteiger partial charge in [-0.25, -0.2) is 0 Å². The van der Waals surface area contributed by atoms with Crippen LogP contribution >= 0.6 is 0 Å². The van der Waals surface area contributed by atoms with Gasteiger partial charge in [-0.2, -0.15) is 0 Å². The van der Waals surface area contributed by atoms with Gasteiger partial charge in [0.1, 0.15) is 0 Å². The predicted octanol–water partition coefficient (Wildman–Crippen LogP) is -3.92. The Labute approximate surface area is 110 Å². The normalized spacial score (nSPS) is 6.44. The Morgan fingerprint density at radius 2 is 0.889 bits per heavy atom. The molecule has 0 aliphatic rings. The monoisotopic (exact) mass is 346 g/mol. The van der Waals surface area contributed by atoms with Crippen LogP contribution < -0.4 is 8.32 Å². The van der Waals surface area contributed by atoms with Gasteiger partial charge in [0.15, 0.2) is 0 Å². The molecule has 9 heteroatoms. The van der Waals surface area contributed by atoms with Crippen LogP contribution in [0, 0.1) is 0 Å². The van der Waals surface area contributed by atoms with Crippen molar-refractivity contribution in [1.29, 1.82) is 0 Å². The van der Waals surface area contributed by atoms with E-state index in [0.717, 1.165) is 0 Å². The van der Waals surface area contributed by atoms with Crippen LogP contribution in [-0.2, 0) is 66.0 Å². The van der Waals surface area contributed by atoms with Gasteiger partial charge in [0.2, 0.25) is 0 Å². The number of hydrogen-bond donors (Lipinski definition) is 0. The fourth-order valence-electron chi connectivity index (χ4n) is 0. The Hall–Kier alpha value is 2.73. The Morgan fingerprint density at radius 1 is 0.889 bits per heavy atom. The molecule has 0 aliphatic carbocycles. The molecule has 0 rings (SSSR count). The summed E-state index contributed by atoms with van der Waals surface area (Å²) in [7, 11) is 0. The Kier molecular flexibility index (Phi) is 44.2. The maximum atomic E-state index is 8.59. The van der Waals surface area contributed by atoms with Crippen molar-refractivity contribution < 1.29 is 74.3 Å². The molecule has 0 aromatic rings. The van der Waals surface area contributed by atoms with Gasteiger partial charge in [0, 0.05) is 0 Å². The van der Waals surface area contributed by atoms with Crippen LogP contribution in [0.15, 0.2) is 0 Å². The maximum absolute atomic E-state index is 8.59. The Balaban J connectivity index is -0.0000000133. The molecule has 56 valence electrons. The van der Waals surface area contributed by atoms with Gasteiger partial charge in [0.25, 0.3) is 0 Å². The zero-order chi connectivity index (χ0) is 4.50. The van der Waals surface area contributed by atoms with Crippen LogP contribution in [0.2, 0.25) is 0 Å². The Bertz CT molecular complexity index is 99.7. The summed E-state index contributed by atoms with van der Waals surface area (Å²) in [6.07, 6.45) is 0. The average Bonchev–Trinajstić information content (AvgIpc) is 0.722. The first-order valence-electron chi connectivity index (χ1n) is 0.667. The quantitative estimate of drug-likeness (QED) is 0.419. The van der Waals surface area contributed by atoms with Crippen molar-refractivity contribution in [2.75, 3.05) is 0 Å². The van der Waals surface area contributed by atoms with Crippen molar-refractivity contribution in [3.8, 4) is 0 Å². The van der Waals surface area contributed by atoms with Crippen molar-refractivity contribution in [3.63, 3.8) is 0 Å². The second kappa shape index (κ2) is 13.3. The second-order valence-electron chi connectivity index (χ2n) is 0.408. The summed E-state index contributed by atoms with van der Waals surface area (Å²) in [5.74, 6) is 0. The standard InChI is InChI=1S/2Ag.Cr.2Li.4O.2H/q2*+1;;;;;;2*-1;;. The number of hydrogen-bond acceptors (Lipinski definition) is 4. The Morgan fingerprint density at radius 3 is 0.889 bits per heavy atom. The number of rotatable bonds is 0. The average molecular weight is 348 g/mol. The molecule has 0 saturated heterocycles. The molecular formula is H2Ag2CrLi2O4. The first kappa shape index (κ1) is 29.8. The van der Waals surface area contributed by atoms with E-state index < -0.39 is 13.6 Å². The third kappa shape index (κ3) is 110. The first-order chi connectivity index (χ1) is 2.00. The van der Waals surface area contributed by atoms with Crippen LogP contribution in [0.25, 0.3) is 0 Å². The third-order valence-electron chi connectivity index (χ3n) is 0. The van der Waals surface area contributed by atoms with E-state index in [4.69, 9.17) is 15.9 Å². The topological polar surface area (TPSA) is 80.3 Å². The molecule has 0 spiro atoms. The van der Waals surface area contributed by atoms with Gasteiger partial charge in [-0.05, 0) is 0 Å². The molecule has 0 radical (unpaired) electrons. The molecule has 0 heterocycles. The van der Waals surface area contributed by atoms with E-state index in [1.807, 2.05) is 0 Å². The zero-order valence-corrected chi connectivity index (χ0v) is 6.88. The molecular weight excluding hydrogens is 346 g/mol. The van der Waals surface area contributed by atoms with Crippen molar-refractivity contribution in [3.05, 3.63) is 0 Å². The third-order valence-corrected chi connectivity index (χ3v) is 0. The second-order valence-corrected chi connectivity index (χ2v) is 1.68. The van der Waals surface area contributed by atoms with Gasteiger partial charge in [-0.15, -0.1) is 0 Å². The van der Waals surface area contributed by atoms with Gasteiger partial charge in [0.05, 0.1) is 0 Å². The van der Waals surface area contributed by atoms with E-state index >= 15 is 0 Å². The van der Waals surface area contributed by atoms with E-state index in [9.17, 15) is 0 Å². The van der Waals surface area contributed by atoms with Crippen LogP contribution in [-0.4, -0.2) is 37.7 Å².